The standard InChI is InChI=1S/C17H17F3O4S/c1-10(2)13-8-15(21)14(17(18,19)20)9-16(13)24-25(22,23)12-6-4-11(3)5-7-12/h4-10,21H,1-3H3. The molecule has 2 aromatic carbocycles. The molecule has 0 aromatic heterocycles. The third kappa shape index (κ3) is 4.25. The number of aryl methyl sites for hydroxylation is 1. The van der Waals surface area contributed by atoms with Crippen LogP contribution < -0.4 is 4.18 Å². The summed E-state index contributed by atoms with van der Waals surface area (Å²) in [6, 6.07) is 7.12. The van der Waals surface area contributed by atoms with E-state index in [2.05, 4.69) is 0 Å². The van der Waals surface area contributed by atoms with Crippen molar-refractivity contribution >= 4 is 10.1 Å². The molecule has 8 heteroatoms. The Bertz CT molecular complexity index is 870. The molecule has 0 aliphatic heterocycles. The van der Waals surface area contributed by atoms with E-state index in [1.807, 2.05) is 0 Å². The van der Waals surface area contributed by atoms with Gasteiger partial charge in [0, 0.05) is 5.56 Å². The third-order valence-corrected chi connectivity index (χ3v) is 4.81. The van der Waals surface area contributed by atoms with Crippen molar-refractivity contribution in [3.8, 4) is 11.5 Å². The summed E-state index contributed by atoms with van der Waals surface area (Å²) in [5.74, 6) is -1.80. The summed E-state index contributed by atoms with van der Waals surface area (Å²) in [6.45, 7) is 5.06. The van der Waals surface area contributed by atoms with E-state index in [4.69, 9.17) is 4.18 Å². The first-order valence-electron chi connectivity index (χ1n) is 7.37. The largest absolute Gasteiger partial charge is 0.507 e. The molecule has 0 atom stereocenters. The van der Waals surface area contributed by atoms with Crippen LogP contribution in [0.15, 0.2) is 41.3 Å². The van der Waals surface area contributed by atoms with Gasteiger partial charge in [0.1, 0.15) is 22.0 Å². The van der Waals surface area contributed by atoms with Gasteiger partial charge in [-0.05, 0) is 37.1 Å². The van der Waals surface area contributed by atoms with Gasteiger partial charge < -0.3 is 9.29 Å². The number of hydrogen-bond donors (Lipinski definition) is 1. The van der Waals surface area contributed by atoms with Gasteiger partial charge in [-0.2, -0.15) is 21.6 Å². The van der Waals surface area contributed by atoms with E-state index in [0.717, 1.165) is 11.6 Å². The Morgan fingerprint density at radius 3 is 2.12 bits per heavy atom. The predicted octanol–water partition coefficient (Wildman–Crippen LogP) is 4.61. The van der Waals surface area contributed by atoms with E-state index in [1.165, 1.54) is 12.1 Å². The zero-order chi connectivity index (χ0) is 19.0. The van der Waals surface area contributed by atoms with Crippen LogP contribution in [0.2, 0.25) is 0 Å². The van der Waals surface area contributed by atoms with Gasteiger partial charge in [0.05, 0.1) is 0 Å². The number of hydrogen-bond acceptors (Lipinski definition) is 4. The molecule has 0 saturated heterocycles. The molecule has 0 fully saturated rings. The fourth-order valence-corrected chi connectivity index (χ4v) is 3.15. The highest BCUT2D eigenvalue weighted by atomic mass is 32.2. The summed E-state index contributed by atoms with van der Waals surface area (Å²) < 4.78 is 68.7. The molecule has 2 aromatic rings. The predicted molar refractivity (Wildman–Crippen MR) is 86.2 cm³/mol. The van der Waals surface area contributed by atoms with E-state index in [9.17, 15) is 26.7 Å². The maximum Gasteiger partial charge on any atom is 0.420 e. The Labute approximate surface area is 144 Å². The molecule has 4 nitrogen and oxygen atoms in total. The number of alkyl halides is 3. The summed E-state index contributed by atoms with van der Waals surface area (Å²) in [4.78, 5) is -0.172. The second kappa shape index (κ2) is 6.59. The molecule has 25 heavy (non-hydrogen) atoms. The lowest BCUT2D eigenvalue weighted by molar-refractivity contribution is -0.138. The SMILES string of the molecule is Cc1ccc(S(=O)(=O)Oc2cc(C(F)(F)F)c(O)cc2C(C)C)cc1. The first kappa shape index (κ1) is 19.1. The maximum absolute atomic E-state index is 13.0. The minimum absolute atomic E-state index is 0.154. The topological polar surface area (TPSA) is 63.6 Å². The summed E-state index contributed by atoms with van der Waals surface area (Å²) in [5.41, 5.74) is -0.377. The lowest BCUT2D eigenvalue weighted by Gasteiger charge is -2.17. The molecule has 0 aliphatic carbocycles. The molecule has 0 bridgehead atoms. The van der Waals surface area contributed by atoms with Gasteiger partial charge in [-0.25, -0.2) is 0 Å². The molecule has 0 radical (unpaired) electrons. The molecule has 0 aliphatic rings. The third-order valence-electron chi connectivity index (χ3n) is 3.56. The summed E-state index contributed by atoms with van der Waals surface area (Å²) in [7, 11) is -4.31. The number of aromatic hydroxyl groups is 1. The Hall–Kier alpha value is -2.22. The van der Waals surface area contributed by atoms with Crippen molar-refractivity contribution < 1.29 is 30.9 Å². The van der Waals surface area contributed by atoms with Gasteiger partial charge in [0.15, 0.2) is 0 Å². The molecule has 2 rings (SSSR count). The van der Waals surface area contributed by atoms with Crippen LogP contribution in [0.3, 0.4) is 0 Å². The van der Waals surface area contributed by atoms with Crippen LogP contribution in [0, 0.1) is 6.92 Å². The van der Waals surface area contributed by atoms with Crippen molar-refractivity contribution in [3.05, 3.63) is 53.1 Å². The van der Waals surface area contributed by atoms with Crippen molar-refractivity contribution in [2.45, 2.75) is 37.8 Å². The van der Waals surface area contributed by atoms with Crippen molar-refractivity contribution in [1.82, 2.24) is 0 Å². The van der Waals surface area contributed by atoms with Crippen molar-refractivity contribution in [2.75, 3.05) is 0 Å². The Kier molecular flexibility index (Phi) is 5.04. The van der Waals surface area contributed by atoms with E-state index < -0.39 is 33.4 Å². The monoisotopic (exact) mass is 374 g/mol. The lowest BCUT2D eigenvalue weighted by Crippen LogP contribution is -2.13. The first-order valence-corrected chi connectivity index (χ1v) is 8.78. The van der Waals surface area contributed by atoms with E-state index in [1.54, 1.807) is 32.9 Å². The summed E-state index contributed by atoms with van der Waals surface area (Å²) in [6.07, 6.45) is -4.84. The molecule has 136 valence electrons. The Morgan fingerprint density at radius 2 is 1.64 bits per heavy atom. The van der Waals surface area contributed by atoms with E-state index >= 15 is 0 Å². The molecule has 0 unspecified atom stereocenters. The number of benzene rings is 2. The van der Waals surface area contributed by atoms with Crippen LogP contribution in [0.1, 0.15) is 36.5 Å². The second-order valence-electron chi connectivity index (χ2n) is 5.91. The van der Waals surface area contributed by atoms with E-state index in [0.29, 0.717) is 6.07 Å². The van der Waals surface area contributed by atoms with Crippen LogP contribution in [0.5, 0.6) is 11.5 Å². The first-order chi connectivity index (χ1) is 11.4. The summed E-state index contributed by atoms with van der Waals surface area (Å²) in [5, 5.41) is 9.62. The maximum atomic E-state index is 13.0. The Morgan fingerprint density at radius 1 is 1.08 bits per heavy atom. The van der Waals surface area contributed by atoms with Crippen molar-refractivity contribution in [3.63, 3.8) is 0 Å². The van der Waals surface area contributed by atoms with Crippen LogP contribution in [-0.4, -0.2) is 13.5 Å². The highest BCUT2D eigenvalue weighted by Crippen LogP contribution is 2.42. The zero-order valence-corrected chi connectivity index (χ0v) is 14.6. The van der Waals surface area contributed by atoms with Crippen molar-refractivity contribution in [2.24, 2.45) is 0 Å². The van der Waals surface area contributed by atoms with Crippen LogP contribution >= 0.6 is 0 Å². The number of halogens is 3. The Balaban J connectivity index is 2.55. The number of phenolic OH excluding ortho intramolecular Hbond substituents is 1. The fraction of sp³-hybridized carbons (Fsp3) is 0.294. The second-order valence-corrected chi connectivity index (χ2v) is 7.46. The molecular formula is C17H17F3O4S. The quantitative estimate of drug-likeness (QED) is 0.794. The molecule has 0 spiro atoms. The van der Waals surface area contributed by atoms with Gasteiger partial charge in [-0.3, -0.25) is 0 Å². The average molecular weight is 374 g/mol. The van der Waals surface area contributed by atoms with Gasteiger partial charge in [0.2, 0.25) is 0 Å². The lowest BCUT2D eigenvalue weighted by atomic mass is 9.99. The molecule has 0 amide bonds. The van der Waals surface area contributed by atoms with Crippen LogP contribution in [0.25, 0.3) is 0 Å². The molecule has 1 N–H and O–H groups in total. The van der Waals surface area contributed by atoms with Gasteiger partial charge in [-0.1, -0.05) is 31.5 Å². The minimum Gasteiger partial charge on any atom is -0.507 e. The van der Waals surface area contributed by atoms with Crippen molar-refractivity contribution in [1.29, 1.82) is 0 Å². The molecular weight excluding hydrogens is 357 g/mol. The fourth-order valence-electron chi connectivity index (χ4n) is 2.21. The van der Waals surface area contributed by atoms with Crippen LogP contribution in [0.4, 0.5) is 13.2 Å². The van der Waals surface area contributed by atoms with Crippen LogP contribution in [-0.2, 0) is 16.3 Å². The van der Waals surface area contributed by atoms with Gasteiger partial charge >= 0.3 is 16.3 Å². The highest BCUT2D eigenvalue weighted by molar-refractivity contribution is 7.87. The molecule has 0 heterocycles. The number of phenols is 1. The molecule has 0 saturated carbocycles. The van der Waals surface area contributed by atoms with Gasteiger partial charge in [-0.15, -0.1) is 0 Å². The van der Waals surface area contributed by atoms with E-state index in [-0.39, 0.29) is 16.4 Å². The zero-order valence-electron chi connectivity index (χ0n) is 13.8. The van der Waals surface area contributed by atoms with Gasteiger partial charge in [0.25, 0.3) is 0 Å². The number of rotatable bonds is 4. The highest BCUT2D eigenvalue weighted by Gasteiger charge is 2.36. The summed E-state index contributed by atoms with van der Waals surface area (Å²) >= 11 is 0. The minimum atomic E-state index is -4.84. The normalized spacial score (nSPS) is 12.4. The average Bonchev–Trinajstić information content (AvgIpc) is 2.47. The smallest absolute Gasteiger partial charge is 0.420 e.